The minimum absolute atomic E-state index is 0.0456. The van der Waals surface area contributed by atoms with E-state index >= 15 is 0 Å². The number of aryl methyl sites for hydroxylation is 4. The van der Waals surface area contributed by atoms with Crippen LogP contribution in [0.1, 0.15) is 72.2 Å². The average Bonchev–Trinajstić information content (AvgIpc) is 1.59. The maximum absolute atomic E-state index is 2.46. The monoisotopic (exact) mass is 1560 g/mol. The van der Waals surface area contributed by atoms with E-state index in [4.69, 9.17) is 0 Å². The first-order valence-electron chi connectivity index (χ1n) is 42.8. The topological polar surface area (TPSA) is 19.7 Å². The number of benzene rings is 18. The van der Waals surface area contributed by atoms with Gasteiger partial charge in [0, 0.05) is 55.1 Å². The van der Waals surface area contributed by atoms with Crippen molar-refractivity contribution in [2.75, 3.05) is 0 Å². The molecule has 2 aliphatic rings. The Kier molecular flexibility index (Phi) is 16.6. The third-order valence-electron chi connectivity index (χ3n) is 26.8. The van der Waals surface area contributed by atoms with Crippen molar-refractivity contribution >= 4 is 86.7 Å². The second kappa shape index (κ2) is 27.9. The Balaban J connectivity index is 0.000000145. The normalized spacial score (nSPS) is 13.0. The molecule has 22 aromatic rings. The van der Waals surface area contributed by atoms with Gasteiger partial charge in [0.15, 0.2) is 0 Å². The van der Waals surface area contributed by atoms with Crippen molar-refractivity contribution in [1.29, 1.82) is 0 Å². The van der Waals surface area contributed by atoms with Gasteiger partial charge in [0.1, 0.15) is 0 Å². The van der Waals surface area contributed by atoms with E-state index in [0.717, 1.165) is 22.7 Å². The molecule has 4 heterocycles. The van der Waals surface area contributed by atoms with E-state index in [2.05, 4.69) is 462 Å². The summed E-state index contributed by atoms with van der Waals surface area (Å²) in [6.07, 6.45) is 0. The first kappa shape index (κ1) is 72.4. The lowest BCUT2D eigenvalue weighted by atomic mass is 9.81. The van der Waals surface area contributed by atoms with Gasteiger partial charge in [-0.2, -0.15) is 0 Å². The SMILES string of the molecule is Cc1ccc(-c2cc3cc4c(cc(-c5ccc(C)cc5)n4-c4ccc(-c5ccc6c(c5)C(C)(C)c5ccccc5-6)cc4)cc3n2-c2ccc(-c3ccc4c(c3)C(C)(C)c3ccccc3-4)cc2)cc1.Cc1ccc(-c2cc3cc4c(cc(-c5ccc(C)cc5)n4-c4ccc5cc6ccccc6cc5c4)cc3n2-c2ccc3cc4ccccc4cc3c2)cc1. The molecule has 4 heteroatoms. The number of hydrogen-bond donors (Lipinski definition) is 0. The molecule has 0 saturated heterocycles. The van der Waals surface area contributed by atoms with E-state index in [0.29, 0.717) is 0 Å². The Hall–Kier alpha value is -14.8. The largest absolute Gasteiger partial charge is 0.309 e. The second-order valence-electron chi connectivity index (χ2n) is 35.3. The third-order valence-corrected chi connectivity index (χ3v) is 26.8. The van der Waals surface area contributed by atoms with Crippen LogP contribution in [0.15, 0.2) is 388 Å². The molecule has 24 rings (SSSR count). The minimum Gasteiger partial charge on any atom is -0.309 e. The van der Waals surface area contributed by atoms with Crippen LogP contribution in [0.2, 0.25) is 0 Å². The van der Waals surface area contributed by atoms with Gasteiger partial charge in [-0.1, -0.05) is 305 Å². The predicted molar refractivity (Wildman–Crippen MR) is 517 cm³/mol. The van der Waals surface area contributed by atoms with E-state index in [9.17, 15) is 0 Å². The van der Waals surface area contributed by atoms with Gasteiger partial charge in [0.25, 0.3) is 0 Å². The molecule has 18 aromatic carbocycles. The van der Waals surface area contributed by atoms with E-state index in [1.807, 2.05) is 0 Å². The fraction of sp³-hybridized carbons (Fsp3) is 0.0847. The van der Waals surface area contributed by atoms with Crippen LogP contribution in [0.5, 0.6) is 0 Å². The second-order valence-corrected chi connectivity index (χ2v) is 35.3. The fourth-order valence-electron chi connectivity index (χ4n) is 20.2. The molecule has 0 unspecified atom stereocenters. The summed E-state index contributed by atoms with van der Waals surface area (Å²) in [5.74, 6) is 0. The lowest BCUT2D eigenvalue weighted by molar-refractivity contribution is 0.660. The van der Waals surface area contributed by atoms with Crippen molar-refractivity contribution in [1.82, 2.24) is 18.3 Å². The molecule has 0 spiro atoms. The number of rotatable bonds is 10. The van der Waals surface area contributed by atoms with Crippen LogP contribution in [0, 0.1) is 27.7 Å². The zero-order valence-electron chi connectivity index (χ0n) is 69.7. The summed E-state index contributed by atoms with van der Waals surface area (Å²) in [5, 5.41) is 14.8. The summed E-state index contributed by atoms with van der Waals surface area (Å²) in [7, 11) is 0. The van der Waals surface area contributed by atoms with Crippen LogP contribution in [0.4, 0.5) is 0 Å². The fourth-order valence-corrected chi connectivity index (χ4v) is 20.2. The molecule has 4 aromatic heterocycles. The molecule has 0 N–H and O–H groups in total. The maximum atomic E-state index is 2.46. The van der Waals surface area contributed by atoms with Crippen molar-refractivity contribution in [2.24, 2.45) is 0 Å². The molecule has 0 radical (unpaired) electrons. The van der Waals surface area contributed by atoms with Gasteiger partial charge in [0.2, 0.25) is 0 Å². The summed E-state index contributed by atoms with van der Waals surface area (Å²) in [6, 6.07) is 145. The highest BCUT2D eigenvalue weighted by atomic mass is 15.0. The quantitative estimate of drug-likeness (QED) is 0.122. The Bertz CT molecular complexity index is 7550. The zero-order valence-corrected chi connectivity index (χ0v) is 69.7. The van der Waals surface area contributed by atoms with E-state index in [1.165, 1.54) is 221 Å². The molecular formula is C118H88N4. The van der Waals surface area contributed by atoms with Crippen molar-refractivity contribution in [3.05, 3.63) is 433 Å². The molecule has 0 fully saturated rings. The molecule has 0 atom stereocenters. The Labute approximate surface area is 711 Å². The zero-order chi connectivity index (χ0) is 82.0. The molecule has 0 bridgehead atoms. The Morgan fingerprint density at radius 3 is 0.730 bits per heavy atom. The highest BCUT2D eigenvalue weighted by Gasteiger charge is 2.37. The predicted octanol–water partition coefficient (Wildman–Crippen LogP) is 31.6. The molecule has 580 valence electrons. The van der Waals surface area contributed by atoms with Gasteiger partial charge >= 0.3 is 0 Å². The highest BCUT2D eigenvalue weighted by Crippen LogP contribution is 2.52. The van der Waals surface area contributed by atoms with E-state index < -0.39 is 0 Å². The van der Waals surface area contributed by atoms with Gasteiger partial charge in [-0.05, 0) is 293 Å². The van der Waals surface area contributed by atoms with Crippen LogP contribution >= 0.6 is 0 Å². The molecule has 2 aliphatic carbocycles. The molecule has 0 saturated carbocycles. The number of fused-ring (bicyclic) bond motifs is 14. The molecule has 4 nitrogen and oxygen atoms in total. The van der Waals surface area contributed by atoms with Gasteiger partial charge in [-0.25, -0.2) is 0 Å². The maximum Gasteiger partial charge on any atom is 0.0542 e. The lowest BCUT2D eigenvalue weighted by Crippen LogP contribution is -2.14. The van der Waals surface area contributed by atoms with Crippen LogP contribution < -0.4 is 0 Å². The van der Waals surface area contributed by atoms with Crippen molar-refractivity contribution in [3.8, 4) is 112 Å². The summed E-state index contributed by atoms with van der Waals surface area (Å²) >= 11 is 0. The third kappa shape index (κ3) is 11.9. The first-order valence-corrected chi connectivity index (χ1v) is 42.8. The number of hydrogen-bond acceptors (Lipinski definition) is 0. The number of aromatic nitrogens is 4. The van der Waals surface area contributed by atoms with E-state index in [1.54, 1.807) is 0 Å². The molecule has 122 heavy (non-hydrogen) atoms. The van der Waals surface area contributed by atoms with E-state index in [-0.39, 0.29) is 10.8 Å². The Morgan fingerprint density at radius 2 is 0.410 bits per heavy atom. The molecular weight excluding hydrogens is 1470 g/mol. The summed E-state index contributed by atoms with van der Waals surface area (Å²) in [4.78, 5) is 0. The van der Waals surface area contributed by atoms with Crippen LogP contribution in [0.3, 0.4) is 0 Å². The van der Waals surface area contributed by atoms with Crippen molar-refractivity contribution in [2.45, 2.75) is 66.2 Å². The highest BCUT2D eigenvalue weighted by molar-refractivity contribution is 6.07. The number of nitrogens with zero attached hydrogens (tertiary/aromatic N) is 4. The van der Waals surface area contributed by atoms with Crippen LogP contribution in [-0.2, 0) is 10.8 Å². The molecule has 0 amide bonds. The van der Waals surface area contributed by atoms with Crippen LogP contribution in [-0.4, -0.2) is 18.3 Å². The van der Waals surface area contributed by atoms with Crippen LogP contribution in [0.25, 0.3) is 199 Å². The summed E-state index contributed by atoms with van der Waals surface area (Å²) in [5.41, 5.74) is 39.7. The smallest absolute Gasteiger partial charge is 0.0542 e. The standard InChI is InChI=1S/C66H52N2.C52H36N2/c1-41-15-19-45(20-16-41)61-37-49-39-64-50(40-63(49)67(61)51-29-23-43(24-30-51)47-27-33-55-53-11-7-9-13-57(53)65(3,4)59(55)35-47)38-62(46-21-17-42(2)18-22-46)68(64)52-31-25-44(26-32-52)48-28-34-56-54-12-8-10-14-58(54)66(5,6)60(56)36-48;1-33-11-15-35(16-12-33)49-29-45-31-52-46(32-51(45)53(49)47-21-19-41-23-37-7-3-5-9-39(37)25-43(41)27-47)30-50(36-17-13-34(2)14-18-36)54(52)48-22-20-42-24-38-8-4-6-10-40(38)26-44(42)28-48/h7-40H,1-6H3;3-32H,1-2H3. The average molecular weight is 1560 g/mol. The van der Waals surface area contributed by atoms with Gasteiger partial charge in [0.05, 0.1) is 44.8 Å². The van der Waals surface area contributed by atoms with Crippen molar-refractivity contribution < 1.29 is 0 Å². The first-order chi connectivity index (χ1) is 59.5. The van der Waals surface area contributed by atoms with Crippen molar-refractivity contribution in [3.63, 3.8) is 0 Å². The summed E-state index contributed by atoms with van der Waals surface area (Å²) < 4.78 is 9.83. The van der Waals surface area contributed by atoms with Gasteiger partial charge < -0.3 is 18.3 Å². The van der Waals surface area contributed by atoms with Gasteiger partial charge in [-0.15, -0.1) is 0 Å². The minimum atomic E-state index is -0.0456. The molecule has 0 aliphatic heterocycles. The summed E-state index contributed by atoms with van der Waals surface area (Å²) in [6.45, 7) is 18.0. The van der Waals surface area contributed by atoms with Gasteiger partial charge in [-0.3, -0.25) is 0 Å². The lowest BCUT2D eigenvalue weighted by Gasteiger charge is -2.22. The Morgan fingerprint density at radius 1 is 0.164 bits per heavy atom.